The molecule has 3 N–H and O–H groups in total. The average molecular weight is 391 g/mol. The monoisotopic (exact) mass is 391 g/mol. The fraction of sp³-hybridized carbons (Fsp3) is 0.0476. The number of rotatable bonds is 6. The Morgan fingerprint density at radius 2 is 1.96 bits per heavy atom. The maximum Gasteiger partial charge on any atom is 0.263 e. The first kappa shape index (κ1) is 17.8. The van der Waals surface area contributed by atoms with E-state index >= 15 is 0 Å². The van der Waals surface area contributed by atoms with Gasteiger partial charge in [-0.25, -0.2) is 0 Å². The van der Waals surface area contributed by atoms with E-state index in [1.165, 1.54) is 11.3 Å². The van der Waals surface area contributed by atoms with Crippen LogP contribution in [0, 0.1) is 0 Å². The van der Waals surface area contributed by atoms with E-state index in [-0.39, 0.29) is 17.4 Å². The van der Waals surface area contributed by atoms with Gasteiger partial charge in [0.25, 0.3) is 5.91 Å². The highest BCUT2D eigenvalue weighted by atomic mass is 32.1. The van der Waals surface area contributed by atoms with Crippen LogP contribution in [0.25, 0.3) is 10.6 Å². The number of carbonyl (C=O) groups is 1. The quantitative estimate of drug-likeness (QED) is 0.492. The summed E-state index contributed by atoms with van der Waals surface area (Å²) in [5.41, 5.74) is 8.14. The first-order valence-corrected chi connectivity index (χ1v) is 9.46. The Labute approximate surface area is 165 Å². The van der Waals surface area contributed by atoms with Crippen LogP contribution in [0.2, 0.25) is 0 Å². The number of anilines is 2. The Bertz CT molecular complexity index is 1080. The van der Waals surface area contributed by atoms with Gasteiger partial charge < -0.3 is 20.3 Å². The van der Waals surface area contributed by atoms with Gasteiger partial charge in [0.1, 0.15) is 23.6 Å². The van der Waals surface area contributed by atoms with Crippen molar-refractivity contribution in [3.63, 3.8) is 0 Å². The number of nitrogen functional groups attached to an aromatic ring is 1. The smallest absolute Gasteiger partial charge is 0.263 e. The Hall–Kier alpha value is -3.58. The van der Waals surface area contributed by atoms with Gasteiger partial charge in [-0.15, -0.1) is 11.3 Å². The van der Waals surface area contributed by atoms with Crippen molar-refractivity contribution in [2.75, 3.05) is 11.1 Å². The Kier molecular flexibility index (Phi) is 5.07. The third-order valence-corrected chi connectivity index (χ3v) is 4.92. The third kappa shape index (κ3) is 3.89. The molecule has 1 amide bonds. The van der Waals surface area contributed by atoms with Gasteiger partial charge in [0, 0.05) is 11.8 Å². The van der Waals surface area contributed by atoms with Gasteiger partial charge in [-0.2, -0.15) is 0 Å². The summed E-state index contributed by atoms with van der Waals surface area (Å²) >= 11 is 1.46. The molecule has 0 aliphatic rings. The first-order valence-electron chi connectivity index (χ1n) is 8.58. The van der Waals surface area contributed by atoms with Crippen molar-refractivity contribution in [1.82, 2.24) is 5.16 Å². The van der Waals surface area contributed by atoms with Gasteiger partial charge >= 0.3 is 0 Å². The van der Waals surface area contributed by atoms with Gasteiger partial charge in [0.15, 0.2) is 0 Å². The molecule has 0 fully saturated rings. The Balaban J connectivity index is 1.49. The summed E-state index contributed by atoms with van der Waals surface area (Å²) in [5.74, 6) is 0.248. The molecule has 0 bridgehead atoms. The molecule has 0 aliphatic heterocycles. The normalized spacial score (nSPS) is 10.6. The summed E-state index contributed by atoms with van der Waals surface area (Å²) in [6.07, 6.45) is 0. The van der Waals surface area contributed by atoms with E-state index < -0.39 is 0 Å². The van der Waals surface area contributed by atoms with E-state index in [2.05, 4.69) is 10.5 Å². The van der Waals surface area contributed by atoms with Gasteiger partial charge in [0.2, 0.25) is 5.88 Å². The van der Waals surface area contributed by atoms with E-state index in [1.54, 1.807) is 12.1 Å². The van der Waals surface area contributed by atoms with Crippen LogP contribution in [0.1, 0.15) is 15.9 Å². The lowest BCUT2D eigenvalue weighted by Crippen LogP contribution is -2.14. The SMILES string of the molecule is Nc1onc(-c2cccs2)c1C(=O)Nc1cccc(OCc2ccccc2)c1. The van der Waals surface area contributed by atoms with E-state index in [4.69, 9.17) is 15.0 Å². The molecule has 0 spiro atoms. The van der Waals surface area contributed by atoms with E-state index in [0.29, 0.717) is 23.7 Å². The number of carbonyl (C=O) groups excluding carboxylic acids is 1. The summed E-state index contributed by atoms with van der Waals surface area (Å²) in [5, 5.41) is 8.66. The van der Waals surface area contributed by atoms with Crippen LogP contribution in [-0.4, -0.2) is 11.1 Å². The molecule has 2 heterocycles. The molecule has 0 atom stereocenters. The van der Waals surface area contributed by atoms with Gasteiger partial charge in [0.05, 0.1) is 4.88 Å². The van der Waals surface area contributed by atoms with Crippen LogP contribution in [0.4, 0.5) is 11.6 Å². The van der Waals surface area contributed by atoms with Crippen LogP contribution < -0.4 is 15.8 Å². The average Bonchev–Trinajstić information content (AvgIpc) is 3.37. The lowest BCUT2D eigenvalue weighted by atomic mass is 10.2. The van der Waals surface area contributed by atoms with Gasteiger partial charge in [-0.1, -0.05) is 47.6 Å². The molecule has 2 aromatic carbocycles. The third-order valence-electron chi connectivity index (χ3n) is 4.04. The van der Waals surface area contributed by atoms with Crippen molar-refractivity contribution in [2.24, 2.45) is 0 Å². The molecule has 28 heavy (non-hydrogen) atoms. The topological polar surface area (TPSA) is 90.4 Å². The number of benzene rings is 2. The van der Waals surface area contributed by atoms with Crippen LogP contribution >= 0.6 is 11.3 Å². The number of nitrogens with one attached hydrogen (secondary N) is 1. The molecular formula is C21H17N3O3S. The summed E-state index contributed by atoms with van der Waals surface area (Å²) in [7, 11) is 0. The fourth-order valence-electron chi connectivity index (χ4n) is 2.70. The van der Waals surface area contributed by atoms with Gasteiger partial charge in [-0.3, -0.25) is 4.79 Å². The number of hydrogen-bond acceptors (Lipinski definition) is 6. The molecule has 140 valence electrons. The van der Waals surface area contributed by atoms with Crippen LogP contribution in [0.5, 0.6) is 5.75 Å². The highest BCUT2D eigenvalue weighted by Gasteiger charge is 2.23. The molecule has 2 aromatic heterocycles. The van der Waals surface area contributed by atoms with Crippen molar-refractivity contribution in [3.05, 3.63) is 83.2 Å². The van der Waals surface area contributed by atoms with Crippen molar-refractivity contribution >= 4 is 28.8 Å². The minimum atomic E-state index is -0.387. The predicted molar refractivity (Wildman–Crippen MR) is 109 cm³/mol. The molecule has 0 aliphatic carbocycles. The lowest BCUT2D eigenvalue weighted by molar-refractivity contribution is 0.102. The number of amides is 1. The number of nitrogens with zero attached hydrogens (tertiary/aromatic N) is 1. The van der Waals surface area contributed by atoms with Crippen LogP contribution in [-0.2, 0) is 6.61 Å². The number of ether oxygens (including phenoxy) is 1. The van der Waals surface area contributed by atoms with Crippen molar-refractivity contribution < 1.29 is 14.1 Å². The zero-order chi connectivity index (χ0) is 19.3. The molecule has 4 rings (SSSR count). The van der Waals surface area contributed by atoms with E-state index in [9.17, 15) is 4.79 Å². The summed E-state index contributed by atoms with van der Waals surface area (Å²) in [6, 6.07) is 20.8. The summed E-state index contributed by atoms with van der Waals surface area (Å²) < 4.78 is 10.8. The zero-order valence-corrected chi connectivity index (χ0v) is 15.6. The van der Waals surface area contributed by atoms with Crippen LogP contribution in [0.15, 0.2) is 76.6 Å². The maximum absolute atomic E-state index is 12.8. The molecule has 0 radical (unpaired) electrons. The summed E-state index contributed by atoms with van der Waals surface area (Å²) in [6.45, 7) is 0.444. The van der Waals surface area contributed by atoms with Crippen molar-refractivity contribution in [3.8, 4) is 16.3 Å². The molecular weight excluding hydrogens is 374 g/mol. The standard InChI is InChI=1S/C21H17N3O3S/c22-20-18(19(24-27-20)17-10-5-11-28-17)21(25)23-15-8-4-9-16(12-15)26-13-14-6-2-1-3-7-14/h1-12H,13,22H2,(H,23,25). The number of hydrogen-bond donors (Lipinski definition) is 2. The lowest BCUT2D eigenvalue weighted by Gasteiger charge is -2.09. The van der Waals surface area contributed by atoms with E-state index in [1.807, 2.05) is 60.0 Å². The number of thiophene rings is 1. The van der Waals surface area contributed by atoms with Gasteiger partial charge in [-0.05, 0) is 29.1 Å². The molecule has 0 saturated carbocycles. The van der Waals surface area contributed by atoms with Crippen molar-refractivity contribution in [1.29, 1.82) is 0 Å². The Morgan fingerprint density at radius 1 is 1.11 bits per heavy atom. The van der Waals surface area contributed by atoms with E-state index in [0.717, 1.165) is 10.4 Å². The molecule has 7 heteroatoms. The minimum Gasteiger partial charge on any atom is -0.489 e. The maximum atomic E-state index is 12.8. The molecule has 6 nitrogen and oxygen atoms in total. The second kappa shape index (κ2) is 7.98. The Morgan fingerprint density at radius 3 is 2.75 bits per heavy atom. The molecule has 0 unspecified atom stereocenters. The number of nitrogens with two attached hydrogens (primary N) is 1. The first-order chi connectivity index (χ1) is 13.7. The molecule has 0 saturated heterocycles. The fourth-order valence-corrected chi connectivity index (χ4v) is 3.41. The second-order valence-electron chi connectivity index (χ2n) is 6.00. The highest BCUT2D eigenvalue weighted by Crippen LogP contribution is 2.31. The zero-order valence-electron chi connectivity index (χ0n) is 14.8. The predicted octanol–water partition coefficient (Wildman–Crippen LogP) is 4.82. The minimum absolute atomic E-state index is 0.0163. The number of aromatic nitrogens is 1. The second-order valence-corrected chi connectivity index (χ2v) is 6.95. The largest absolute Gasteiger partial charge is 0.489 e. The summed E-state index contributed by atoms with van der Waals surface area (Å²) in [4.78, 5) is 13.6. The highest BCUT2D eigenvalue weighted by molar-refractivity contribution is 7.13. The van der Waals surface area contributed by atoms with Crippen LogP contribution in [0.3, 0.4) is 0 Å². The molecule has 4 aromatic rings. The van der Waals surface area contributed by atoms with Crippen molar-refractivity contribution in [2.45, 2.75) is 6.61 Å².